The Labute approximate surface area is 208 Å². The van der Waals surface area contributed by atoms with Crippen molar-refractivity contribution in [3.05, 3.63) is 12.1 Å². The van der Waals surface area contributed by atoms with Gasteiger partial charge in [-0.1, -0.05) is 26.2 Å². The molecule has 0 bridgehead atoms. The highest BCUT2D eigenvalue weighted by molar-refractivity contribution is 5.93. The van der Waals surface area contributed by atoms with Gasteiger partial charge in [-0.2, -0.15) is 4.98 Å². The summed E-state index contributed by atoms with van der Waals surface area (Å²) < 4.78 is 11.1. The smallest absolute Gasteiger partial charge is 0.407 e. The molecule has 9 nitrogen and oxygen atoms in total. The van der Waals surface area contributed by atoms with E-state index in [2.05, 4.69) is 37.9 Å². The van der Waals surface area contributed by atoms with Crippen LogP contribution < -0.4 is 19.7 Å². The Hall–Kier alpha value is -2.97. The molecule has 1 saturated heterocycles. The number of nitrogens with zero attached hydrogens (tertiary/aromatic N) is 4. The first kappa shape index (κ1) is 26.6. The second kappa shape index (κ2) is 11.6. The standard InChI is InChI=1S/C26H41N5O4/c1-7-8-9-10-13-27-24-28-20-17-22(35-6)21(34-5)16-19(20)23(29-24)31(26(2,3)4)18-11-14-30(15-12-18)25(32)33/h16-18H,7-15H2,1-6H3,(H,32,33)(H,27,28,29). The summed E-state index contributed by atoms with van der Waals surface area (Å²) in [6, 6.07) is 3.99. The molecule has 1 aliphatic rings. The SMILES string of the molecule is CCCCCCNc1nc(N(C2CCN(C(=O)O)CC2)C(C)(C)C)c2cc(OC)c(OC)cc2n1. The minimum Gasteiger partial charge on any atom is -0.493 e. The summed E-state index contributed by atoms with van der Waals surface area (Å²) in [6.45, 7) is 10.5. The number of ether oxygens (including phenoxy) is 2. The fourth-order valence-electron chi connectivity index (χ4n) is 4.81. The molecule has 2 aromatic rings. The highest BCUT2D eigenvalue weighted by Gasteiger charge is 2.35. The van der Waals surface area contributed by atoms with E-state index < -0.39 is 6.09 Å². The number of benzene rings is 1. The quantitative estimate of drug-likeness (QED) is 0.431. The molecular weight excluding hydrogens is 446 g/mol. The van der Waals surface area contributed by atoms with Crippen LogP contribution >= 0.6 is 0 Å². The van der Waals surface area contributed by atoms with Gasteiger partial charge in [0.15, 0.2) is 11.5 Å². The van der Waals surface area contributed by atoms with Crippen molar-refractivity contribution in [3.8, 4) is 11.5 Å². The molecule has 35 heavy (non-hydrogen) atoms. The average molecular weight is 488 g/mol. The minimum absolute atomic E-state index is 0.147. The topological polar surface area (TPSA) is 100 Å². The summed E-state index contributed by atoms with van der Waals surface area (Å²) in [6.07, 6.45) is 5.27. The van der Waals surface area contributed by atoms with Crippen molar-refractivity contribution in [2.24, 2.45) is 0 Å². The van der Waals surface area contributed by atoms with Crippen LogP contribution in [0.3, 0.4) is 0 Å². The molecule has 9 heteroatoms. The molecule has 2 heterocycles. The largest absolute Gasteiger partial charge is 0.493 e. The summed E-state index contributed by atoms with van der Waals surface area (Å²) in [5, 5.41) is 13.7. The van der Waals surface area contributed by atoms with E-state index in [-0.39, 0.29) is 11.6 Å². The lowest BCUT2D eigenvalue weighted by molar-refractivity contribution is 0.130. The van der Waals surface area contributed by atoms with Gasteiger partial charge in [-0.15, -0.1) is 0 Å². The van der Waals surface area contributed by atoms with Gasteiger partial charge >= 0.3 is 6.09 Å². The molecule has 1 aromatic carbocycles. The molecule has 194 valence electrons. The van der Waals surface area contributed by atoms with Crippen LogP contribution in [0.25, 0.3) is 10.9 Å². The van der Waals surface area contributed by atoms with Crippen molar-refractivity contribution in [2.75, 3.05) is 44.1 Å². The van der Waals surface area contributed by atoms with Crippen molar-refractivity contribution < 1.29 is 19.4 Å². The Morgan fingerprint density at radius 1 is 1.11 bits per heavy atom. The van der Waals surface area contributed by atoms with Gasteiger partial charge in [-0.05, 0) is 46.1 Å². The number of rotatable bonds is 10. The Balaban J connectivity index is 2.06. The third kappa shape index (κ3) is 6.38. The number of nitrogens with one attached hydrogen (secondary N) is 1. The van der Waals surface area contributed by atoms with Gasteiger partial charge in [-0.25, -0.2) is 9.78 Å². The second-order valence-corrected chi connectivity index (χ2v) is 10.1. The number of aromatic nitrogens is 2. The molecule has 1 aliphatic heterocycles. The fraction of sp³-hybridized carbons (Fsp3) is 0.654. The maximum absolute atomic E-state index is 11.5. The lowest BCUT2D eigenvalue weighted by Crippen LogP contribution is -2.53. The first-order valence-electron chi connectivity index (χ1n) is 12.6. The number of methoxy groups -OCH3 is 2. The molecule has 0 atom stereocenters. The minimum atomic E-state index is -0.857. The average Bonchev–Trinajstić information content (AvgIpc) is 2.82. The Morgan fingerprint density at radius 3 is 2.34 bits per heavy atom. The second-order valence-electron chi connectivity index (χ2n) is 10.1. The lowest BCUT2D eigenvalue weighted by Gasteiger charge is -2.46. The van der Waals surface area contributed by atoms with Gasteiger partial charge < -0.3 is 29.7 Å². The molecule has 0 radical (unpaired) electrons. The van der Waals surface area contributed by atoms with Crippen LogP contribution in [0.1, 0.15) is 66.2 Å². The number of piperidine rings is 1. The summed E-state index contributed by atoms with van der Waals surface area (Å²) in [7, 11) is 3.25. The molecule has 3 rings (SSSR count). The monoisotopic (exact) mass is 487 g/mol. The summed E-state index contributed by atoms with van der Waals surface area (Å²) in [5.74, 6) is 2.66. The molecule has 0 aliphatic carbocycles. The van der Waals surface area contributed by atoms with E-state index >= 15 is 0 Å². The van der Waals surface area contributed by atoms with Gasteiger partial charge in [0.1, 0.15) is 5.82 Å². The number of carbonyl (C=O) groups is 1. The third-order valence-electron chi connectivity index (χ3n) is 6.55. The summed E-state index contributed by atoms with van der Waals surface area (Å²) in [4.78, 5) is 25.1. The maximum atomic E-state index is 11.5. The molecule has 1 amide bonds. The van der Waals surface area contributed by atoms with Crippen molar-refractivity contribution in [1.82, 2.24) is 14.9 Å². The predicted molar refractivity (Wildman–Crippen MR) is 140 cm³/mol. The molecule has 0 spiro atoms. The molecular formula is C26H41N5O4. The zero-order valence-electron chi connectivity index (χ0n) is 22.1. The molecule has 1 fully saturated rings. The zero-order chi connectivity index (χ0) is 25.6. The normalized spacial score (nSPS) is 14.7. The molecule has 0 unspecified atom stereocenters. The number of hydrogen-bond acceptors (Lipinski definition) is 7. The number of amides is 1. The number of fused-ring (bicyclic) bond motifs is 1. The highest BCUT2D eigenvalue weighted by Crippen LogP contribution is 2.39. The molecule has 0 saturated carbocycles. The Bertz CT molecular complexity index is 999. The number of unbranched alkanes of at least 4 members (excludes halogenated alkanes) is 3. The number of carboxylic acid groups (broad SMARTS) is 1. The predicted octanol–water partition coefficient (Wildman–Crippen LogP) is 5.39. The molecule has 2 N–H and O–H groups in total. The van der Waals surface area contributed by atoms with E-state index in [4.69, 9.17) is 19.4 Å². The lowest BCUT2D eigenvalue weighted by atomic mass is 9.95. The number of likely N-dealkylation sites (tertiary alicyclic amines) is 1. The van der Waals surface area contributed by atoms with Gasteiger partial charge in [-0.3, -0.25) is 0 Å². The van der Waals surface area contributed by atoms with Crippen molar-refractivity contribution >= 4 is 28.8 Å². The van der Waals surface area contributed by atoms with Crippen LogP contribution in [0.15, 0.2) is 12.1 Å². The first-order valence-corrected chi connectivity index (χ1v) is 12.6. The fourth-order valence-corrected chi connectivity index (χ4v) is 4.81. The highest BCUT2D eigenvalue weighted by atomic mass is 16.5. The van der Waals surface area contributed by atoms with Gasteiger partial charge in [0.05, 0.1) is 19.7 Å². The number of anilines is 2. The van der Waals surface area contributed by atoms with Crippen molar-refractivity contribution in [3.63, 3.8) is 0 Å². The maximum Gasteiger partial charge on any atom is 0.407 e. The van der Waals surface area contributed by atoms with Crippen molar-refractivity contribution in [1.29, 1.82) is 0 Å². The van der Waals surface area contributed by atoms with E-state index in [0.717, 1.165) is 42.5 Å². The van der Waals surface area contributed by atoms with E-state index in [1.54, 1.807) is 14.2 Å². The summed E-state index contributed by atoms with van der Waals surface area (Å²) in [5.41, 5.74) is 0.532. The Kier molecular flexibility index (Phi) is 8.86. The van der Waals surface area contributed by atoms with Crippen LogP contribution in [0.5, 0.6) is 11.5 Å². The molecule has 1 aromatic heterocycles. The van der Waals surface area contributed by atoms with Crippen LogP contribution in [0.4, 0.5) is 16.6 Å². The first-order chi connectivity index (χ1) is 16.7. The van der Waals surface area contributed by atoms with Crippen molar-refractivity contribution in [2.45, 2.75) is 77.8 Å². The van der Waals surface area contributed by atoms with Crippen LogP contribution in [0.2, 0.25) is 0 Å². The van der Waals surface area contributed by atoms with Crippen LogP contribution in [-0.4, -0.2) is 71.5 Å². The van der Waals surface area contributed by atoms with Gasteiger partial charge in [0, 0.05) is 42.7 Å². The van der Waals surface area contributed by atoms with Gasteiger partial charge in [0.25, 0.3) is 0 Å². The van der Waals surface area contributed by atoms with E-state index in [9.17, 15) is 9.90 Å². The van der Waals surface area contributed by atoms with E-state index in [0.29, 0.717) is 30.5 Å². The van der Waals surface area contributed by atoms with Crippen LogP contribution in [0, 0.1) is 0 Å². The summed E-state index contributed by atoms with van der Waals surface area (Å²) >= 11 is 0. The van der Waals surface area contributed by atoms with Crippen LogP contribution in [-0.2, 0) is 0 Å². The Morgan fingerprint density at radius 2 is 1.77 bits per heavy atom. The van der Waals surface area contributed by atoms with E-state index in [1.165, 1.54) is 24.2 Å². The third-order valence-corrected chi connectivity index (χ3v) is 6.55. The number of hydrogen-bond donors (Lipinski definition) is 2. The zero-order valence-corrected chi connectivity index (χ0v) is 22.1. The van der Waals surface area contributed by atoms with E-state index in [1.807, 2.05) is 12.1 Å². The van der Waals surface area contributed by atoms with Gasteiger partial charge in [0.2, 0.25) is 5.95 Å².